The Bertz CT molecular complexity index is 418. The van der Waals surface area contributed by atoms with Gasteiger partial charge in [0.15, 0.2) is 0 Å². The summed E-state index contributed by atoms with van der Waals surface area (Å²) >= 11 is 0. The number of aryl methyl sites for hydroxylation is 1. The third kappa shape index (κ3) is 3.47. The first-order chi connectivity index (χ1) is 8.49. The van der Waals surface area contributed by atoms with E-state index in [4.69, 9.17) is 9.84 Å². The van der Waals surface area contributed by atoms with Gasteiger partial charge in [0.2, 0.25) is 0 Å². The lowest BCUT2D eigenvalue weighted by atomic mass is 10.0. The normalized spacial score (nSPS) is 13.8. The van der Waals surface area contributed by atoms with Crippen LogP contribution in [0.2, 0.25) is 0 Å². The number of nitrogens with one attached hydrogen (secondary N) is 1. The lowest BCUT2D eigenvalue weighted by Crippen LogP contribution is -2.38. The molecule has 0 fully saturated rings. The molecule has 0 saturated carbocycles. The summed E-state index contributed by atoms with van der Waals surface area (Å²) in [6.07, 6.45) is 0. The quantitative estimate of drug-likeness (QED) is 0.838. The Kier molecular flexibility index (Phi) is 5.16. The van der Waals surface area contributed by atoms with Crippen molar-refractivity contribution in [3.8, 4) is 5.75 Å². The highest BCUT2D eigenvalue weighted by Crippen LogP contribution is 2.19. The van der Waals surface area contributed by atoms with E-state index in [-0.39, 0.29) is 24.5 Å². The number of carbonyl (C=O) groups is 1. The van der Waals surface area contributed by atoms with E-state index < -0.39 is 0 Å². The standard InChI is InChI=1S/C14H21NO3/c1-9-5-6-12(7-13(9)18-4)14(17)15-11(3)10(2)8-16/h5-7,10-11,16H,8H2,1-4H3,(H,15,17). The molecule has 0 aromatic heterocycles. The molecule has 0 aliphatic carbocycles. The van der Waals surface area contributed by atoms with E-state index in [1.807, 2.05) is 26.8 Å². The lowest BCUT2D eigenvalue weighted by molar-refractivity contribution is 0.0916. The highest BCUT2D eigenvalue weighted by molar-refractivity contribution is 5.94. The Hall–Kier alpha value is -1.55. The first kappa shape index (κ1) is 14.5. The van der Waals surface area contributed by atoms with Gasteiger partial charge in [-0.1, -0.05) is 13.0 Å². The van der Waals surface area contributed by atoms with Crippen LogP contribution in [0.5, 0.6) is 5.75 Å². The fraction of sp³-hybridized carbons (Fsp3) is 0.500. The predicted molar refractivity (Wildman–Crippen MR) is 70.9 cm³/mol. The van der Waals surface area contributed by atoms with Gasteiger partial charge in [0.1, 0.15) is 5.75 Å². The first-order valence-electron chi connectivity index (χ1n) is 6.06. The first-order valence-corrected chi connectivity index (χ1v) is 6.06. The van der Waals surface area contributed by atoms with Gasteiger partial charge in [-0.15, -0.1) is 0 Å². The monoisotopic (exact) mass is 251 g/mol. The van der Waals surface area contributed by atoms with Crippen molar-refractivity contribution in [2.75, 3.05) is 13.7 Å². The molecule has 2 unspecified atom stereocenters. The molecule has 0 spiro atoms. The molecule has 0 aliphatic heterocycles. The third-order valence-corrected chi connectivity index (χ3v) is 3.17. The molecule has 0 bridgehead atoms. The van der Waals surface area contributed by atoms with Gasteiger partial charge >= 0.3 is 0 Å². The number of carbonyl (C=O) groups excluding carboxylic acids is 1. The lowest BCUT2D eigenvalue weighted by Gasteiger charge is -2.19. The van der Waals surface area contributed by atoms with Crippen LogP contribution in [0.15, 0.2) is 18.2 Å². The van der Waals surface area contributed by atoms with Gasteiger partial charge in [0.25, 0.3) is 5.91 Å². The highest BCUT2D eigenvalue weighted by Gasteiger charge is 2.15. The van der Waals surface area contributed by atoms with Crippen LogP contribution in [0.1, 0.15) is 29.8 Å². The van der Waals surface area contributed by atoms with Crippen molar-refractivity contribution in [1.29, 1.82) is 0 Å². The van der Waals surface area contributed by atoms with Crippen LogP contribution in [-0.2, 0) is 0 Å². The van der Waals surface area contributed by atoms with Crippen molar-refractivity contribution in [3.05, 3.63) is 29.3 Å². The predicted octanol–water partition coefficient (Wildman–Crippen LogP) is 1.75. The Labute approximate surface area is 108 Å². The Morgan fingerprint density at radius 2 is 2.11 bits per heavy atom. The number of aliphatic hydroxyl groups excluding tert-OH is 1. The fourth-order valence-corrected chi connectivity index (χ4v) is 1.55. The molecule has 0 saturated heterocycles. The smallest absolute Gasteiger partial charge is 0.251 e. The molecule has 1 rings (SSSR count). The van der Waals surface area contributed by atoms with E-state index in [1.54, 1.807) is 19.2 Å². The number of rotatable bonds is 5. The summed E-state index contributed by atoms with van der Waals surface area (Å²) in [5, 5.41) is 11.9. The second-order valence-electron chi connectivity index (χ2n) is 4.61. The van der Waals surface area contributed by atoms with E-state index in [0.717, 1.165) is 5.56 Å². The Morgan fingerprint density at radius 1 is 1.44 bits per heavy atom. The van der Waals surface area contributed by atoms with Crippen molar-refractivity contribution < 1.29 is 14.6 Å². The molecule has 2 atom stereocenters. The van der Waals surface area contributed by atoms with Crippen molar-refractivity contribution in [1.82, 2.24) is 5.32 Å². The van der Waals surface area contributed by atoms with Crippen molar-refractivity contribution in [2.45, 2.75) is 26.8 Å². The van der Waals surface area contributed by atoms with Crippen LogP contribution < -0.4 is 10.1 Å². The van der Waals surface area contributed by atoms with E-state index in [2.05, 4.69) is 5.32 Å². The van der Waals surface area contributed by atoms with Crippen LogP contribution in [0.4, 0.5) is 0 Å². The minimum Gasteiger partial charge on any atom is -0.496 e. The summed E-state index contributed by atoms with van der Waals surface area (Å²) < 4.78 is 5.19. The van der Waals surface area contributed by atoms with Crippen LogP contribution >= 0.6 is 0 Å². The summed E-state index contributed by atoms with van der Waals surface area (Å²) in [5.41, 5.74) is 1.56. The topological polar surface area (TPSA) is 58.6 Å². The van der Waals surface area contributed by atoms with Crippen LogP contribution in [0.3, 0.4) is 0 Å². The molecule has 4 nitrogen and oxygen atoms in total. The van der Waals surface area contributed by atoms with Crippen LogP contribution in [-0.4, -0.2) is 30.8 Å². The average molecular weight is 251 g/mol. The minimum absolute atomic E-state index is 0.0290. The minimum atomic E-state index is -0.152. The van der Waals surface area contributed by atoms with Gasteiger partial charge in [0.05, 0.1) is 7.11 Å². The molecule has 18 heavy (non-hydrogen) atoms. The SMILES string of the molecule is COc1cc(C(=O)NC(C)C(C)CO)ccc1C. The molecule has 100 valence electrons. The molecule has 0 aliphatic rings. The maximum atomic E-state index is 12.0. The Morgan fingerprint density at radius 3 is 2.67 bits per heavy atom. The molecule has 1 aromatic carbocycles. The largest absolute Gasteiger partial charge is 0.496 e. The summed E-state index contributed by atoms with van der Waals surface area (Å²) in [5.74, 6) is 0.577. The number of amides is 1. The van der Waals surface area contributed by atoms with Gasteiger partial charge in [-0.05, 0) is 37.5 Å². The summed E-state index contributed by atoms with van der Waals surface area (Å²) in [4.78, 5) is 12.0. The molecule has 2 N–H and O–H groups in total. The number of ether oxygens (including phenoxy) is 1. The second-order valence-corrected chi connectivity index (χ2v) is 4.61. The zero-order chi connectivity index (χ0) is 13.7. The third-order valence-electron chi connectivity index (χ3n) is 3.17. The van der Waals surface area contributed by atoms with Gasteiger partial charge < -0.3 is 15.2 Å². The average Bonchev–Trinajstić information content (AvgIpc) is 2.37. The molecule has 0 radical (unpaired) electrons. The van der Waals surface area contributed by atoms with Gasteiger partial charge in [-0.2, -0.15) is 0 Å². The zero-order valence-corrected chi connectivity index (χ0v) is 11.4. The van der Waals surface area contributed by atoms with E-state index >= 15 is 0 Å². The Balaban J connectivity index is 2.78. The van der Waals surface area contributed by atoms with E-state index in [9.17, 15) is 4.79 Å². The van der Waals surface area contributed by atoms with Crippen molar-refractivity contribution in [2.24, 2.45) is 5.92 Å². The maximum Gasteiger partial charge on any atom is 0.251 e. The van der Waals surface area contributed by atoms with Crippen molar-refractivity contribution in [3.63, 3.8) is 0 Å². The summed E-state index contributed by atoms with van der Waals surface area (Å²) in [7, 11) is 1.58. The zero-order valence-electron chi connectivity index (χ0n) is 11.4. The van der Waals surface area contributed by atoms with Crippen molar-refractivity contribution >= 4 is 5.91 Å². The molecule has 4 heteroatoms. The van der Waals surface area contributed by atoms with Crippen LogP contribution in [0.25, 0.3) is 0 Å². The molecule has 1 aromatic rings. The molecule has 0 heterocycles. The van der Waals surface area contributed by atoms with E-state index in [0.29, 0.717) is 11.3 Å². The molecule has 1 amide bonds. The number of aliphatic hydroxyl groups is 1. The maximum absolute atomic E-state index is 12.0. The molecular formula is C14H21NO3. The summed E-state index contributed by atoms with van der Waals surface area (Å²) in [6, 6.07) is 5.27. The number of hydrogen-bond donors (Lipinski definition) is 2. The van der Waals surface area contributed by atoms with Gasteiger partial charge in [0, 0.05) is 18.2 Å². The fourth-order valence-electron chi connectivity index (χ4n) is 1.55. The van der Waals surface area contributed by atoms with Crippen LogP contribution in [0, 0.1) is 12.8 Å². The van der Waals surface area contributed by atoms with Gasteiger partial charge in [-0.25, -0.2) is 0 Å². The highest BCUT2D eigenvalue weighted by atomic mass is 16.5. The summed E-state index contributed by atoms with van der Waals surface area (Å²) in [6.45, 7) is 5.75. The number of methoxy groups -OCH3 is 1. The number of hydrogen-bond acceptors (Lipinski definition) is 3. The van der Waals surface area contributed by atoms with E-state index in [1.165, 1.54) is 0 Å². The van der Waals surface area contributed by atoms with Gasteiger partial charge in [-0.3, -0.25) is 4.79 Å². The molecular weight excluding hydrogens is 230 g/mol. The second kappa shape index (κ2) is 6.40. The number of benzene rings is 1.